The van der Waals surface area contributed by atoms with Crippen LogP contribution in [-0.4, -0.2) is 21.4 Å². The molecule has 0 bridgehead atoms. The van der Waals surface area contributed by atoms with Crippen molar-refractivity contribution < 1.29 is 4.42 Å². The smallest absolute Gasteiger partial charge is 0.195 e. The molecule has 0 spiro atoms. The minimum absolute atomic E-state index is 0.640. The van der Waals surface area contributed by atoms with E-state index in [0.717, 1.165) is 42.9 Å². The summed E-state index contributed by atoms with van der Waals surface area (Å²) in [5, 5.41) is 1.41. The van der Waals surface area contributed by atoms with E-state index in [2.05, 4.69) is 14.9 Å². The Morgan fingerprint density at radius 1 is 1.12 bits per heavy atom. The fraction of sp³-hybridized carbons (Fsp3) is 0.222. The number of aromatic nitrogens is 2. The van der Waals surface area contributed by atoms with Crippen molar-refractivity contribution in [3.05, 3.63) is 69.7 Å². The van der Waals surface area contributed by atoms with Crippen LogP contribution in [0.25, 0.3) is 11.6 Å². The Bertz CT molecular complexity index is 844. The summed E-state index contributed by atoms with van der Waals surface area (Å²) < 4.78 is 5.37. The Balaban J connectivity index is 1.54. The van der Waals surface area contributed by atoms with E-state index < -0.39 is 0 Å². The molecule has 2 aromatic heterocycles. The molecule has 3 heterocycles. The van der Waals surface area contributed by atoms with Gasteiger partial charge < -0.3 is 4.42 Å². The zero-order valence-electron chi connectivity index (χ0n) is 12.9. The number of hydrogen-bond acceptors (Lipinski definition) is 4. The van der Waals surface area contributed by atoms with E-state index in [1.807, 2.05) is 36.5 Å². The molecule has 0 saturated heterocycles. The summed E-state index contributed by atoms with van der Waals surface area (Å²) in [4.78, 5) is 11.4. The number of nitrogens with zero attached hydrogens (tertiary/aromatic N) is 3. The van der Waals surface area contributed by atoms with Crippen LogP contribution in [0.3, 0.4) is 0 Å². The topological polar surface area (TPSA) is 42.2 Å². The summed E-state index contributed by atoms with van der Waals surface area (Å²) in [6, 6.07) is 9.33. The van der Waals surface area contributed by atoms with Gasteiger partial charge in [-0.25, -0.2) is 9.97 Å². The highest BCUT2D eigenvalue weighted by atomic mass is 35.5. The molecule has 1 aliphatic heterocycles. The predicted octanol–water partition coefficient (Wildman–Crippen LogP) is 4.60. The molecule has 122 valence electrons. The van der Waals surface area contributed by atoms with Crippen molar-refractivity contribution >= 4 is 23.2 Å². The lowest BCUT2D eigenvalue weighted by atomic mass is 10.1. The molecule has 0 fully saturated rings. The maximum Gasteiger partial charge on any atom is 0.195 e. The Hall–Kier alpha value is -1.88. The van der Waals surface area contributed by atoms with E-state index in [4.69, 9.17) is 27.6 Å². The molecule has 24 heavy (non-hydrogen) atoms. The largest absolute Gasteiger partial charge is 0.461 e. The second kappa shape index (κ2) is 6.55. The highest BCUT2D eigenvalue weighted by molar-refractivity contribution is 6.35. The van der Waals surface area contributed by atoms with Gasteiger partial charge in [0.1, 0.15) is 0 Å². The van der Waals surface area contributed by atoms with Crippen molar-refractivity contribution in [1.82, 2.24) is 14.9 Å². The summed E-state index contributed by atoms with van der Waals surface area (Å²) in [5.41, 5.74) is 3.19. The van der Waals surface area contributed by atoms with Crippen molar-refractivity contribution in [2.45, 2.75) is 19.5 Å². The van der Waals surface area contributed by atoms with Crippen LogP contribution in [0.4, 0.5) is 0 Å². The molecule has 1 aliphatic rings. The Morgan fingerprint density at radius 2 is 1.96 bits per heavy atom. The van der Waals surface area contributed by atoms with Gasteiger partial charge in [0.2, 0.25) is 0 Å². The van der Waals surface area contributed by atoms with Crippen LogP contribution in [0.15, 0.2) is 47.2 Å². The van der Waals surface area contributed by atoms with Gasteiger partial charge in [-0.05, 0) is 24.3 Å². The van der Waals surface area contributed by atoms with Gasteiger partial charge in [-0.3, -0.25) is 4.90 Å². The molecule has 0 amide bonds. The monoisotopic (exact) mass is 359 g/mol. The van der Waals surface area contributed by atoms with Crippen molar-refractivity contribution in [3.63, 3.8) is 0 Å². The summed E-state index contributed by atoms with van der Waals surface area (Å²) in [6.45, 7) is 2.41. The van der Waals surface area contributed by atoms with E-state index in [0.29, 0.717) is 21.6 Å². The first-order valence-electron chi connectivity index (χ1n) is 7.74. The van der Waals surface area contributed by atoms with Crippen LogP contribution in [0.1, 0.15) is 16.8 Å². The summed E-state index contributed by atoms with van der Waals surface area (Å²) in [5.74, 6) is 1.34. The number of halogens is 2. The van der Waals surface area contributed by atoms with Gasteiger partial charge in [-0.1, -0.05) is 29.3 Å². The third-order valence-electron chi connectivity index (χ3n) is 4.20. The summed E-state index contributed by atoms with van der Waals surface area (Å²) >= 11 is 12.6. The molecular weight excluding hydrogens is 345 g/mol. The first-order chi connectivity index (χ1) is 11.7. The Kier molecular flexibility index (Phi) is 4.27. The minimum atomic E-state index is 0.640. The van der Waals surface area contributed by atoms with Gasteiger partial charge in [0.25, 0.3) is 0 Å². The van der Waals surface area contributed by atoms with Crippen molar-refractivity contribution in [3.8, 4) is 11.6 Å². The first kappa shape index (κ1) is 15.6. The molecule has 0 unspecified atom stereocenters. The van der Waals surface area contributed by atoms with Crippen molar-refractivity contribution in [2.24, 2.45) is 0 Å². The van der Waals surface area contributed by atoms with Gasteiger partial charge >= 0.3 is 0 Å². The molecule has 1 aromatic carbocycles. The molecule has 4 rings (SSSR count). The molecule has 3 aromatic rings. The molecule has 0 radical (unpaired) electrons. The SMILES string of the molecule is Clc1cccc(Cl)c1CN1CCc2nc(-c3ccco3)ncc2C1. The second-order valence-corrected chi connectivity index (χ2v) is 6.62. The Morgan fingerprint density at radius 3 is 2.71 bits per heavy atom. The minimum Gasteiger partial charge on any atom is -0.461 e. The van der Waals surface area contributed by atoms with E-state index >= 15 is 0 Å². The van der Waals surface area contributed by atoms with Gasteiger partial charge in [0.15, 0.2) is 11.6 Å². The van der Waals surface area contributed by atoms with Gasteiger partial charge in [-0.2, -0.15) is 0 Å². The molecule has 0 aliphatic carbocycles. The highest BCUT2D eigenvalue weighted by Gasteiger charge is 2.20. The van der Waals surface area contributed by atoms with Crippen LogP contribution < -0.4 is 0 Å². The van der Waals surface area contributed by atoms with Crippen LogP contribution in [0, 0.1) is 0 Å². The standard InChI is InChI=1S/C18H15Cl2N3O/c19-14-3-1-4-15(20)13(14)11-23-7-6-16-12(10-23)9-21-18(22-16)17-5-2-8-24-17/h1-5,8-9H,6-7,10-11H2. The van der Waals surface area contributed by atoms with E-state index in [1.54, 1.807) is 6.26 Å². The van der Waals surface area contributed by atoms with Crippen molar-refractivity contribution in [1.29, 1.82) is 0 Å². The van der Waals surface area contributed by atoms with E-state index in [9.17, 15) is 0 Å². The number of benzene rings is 1. The number of rotatable bonds is 3. The third kappa shape index (κ3) is 3.05. The molecule has 0 saturated carbocycles. The van der Waals surface area contributed by atoms with Gasteiger partial charge in [0.05, 0.1) is 12.0 Å². The number of fused-ring (bicyclic) bond motifs is 1. The zero-order chi connectivity index (χ0) is 16.5. The highest BCUT2D eigenvalue weighted by Crippen LogP contribution is 2.28. The lowest BCUT2D eigenvalue weighted by molar-refractivity contribution is 0.243. The lowest BCUT2D eigenvalue weighted by Crippen LogP contribution is -2.31. The normalized spacial score (nSPS) is 14.6. The van der Waals surface area contributed by atoms with Crippen LogP contribution >= 0.6 is 23.2 Å². The quantitative estimate of drug-likeness (QED) is 0.685. The van der Waals surface area contributed by atoms with Crippen molar-refractivity contribution in [2.75, 3.05) is 6.54 Å². The fourth-order valence-electron chi connectivity index (χ4n) is 2.94. The molecule has 6 heteroatoms. The molecular formula is C18H15Cl2N3O. The zero-order valence-corrected chi connectivity index (χ0v) is 14.4. The molecule has 0 atom stereocenters. The average molecular weight is 360 g/mol. The fourth-order valence-corrected chi connectivity index (χ4v) is 3.46. The summed E-state index contributed by atoms with van der Waals surface area (Å²) in [6.07, 6.45) is 4.39. The summed E-state index contributed by atoms with van der Waals surface area (Å²) in [7, 11) is 0. The second-order valence-electron chi connectivity index (χ2n) is 5.80. The van der Waals surface area contributed by atoms with E-state index in [1.165, 1.54) is 0 Å². The van der Waals surface area contributed by atoms with Crippen LogP contribution in [-0.2, 0) is 19.5 Å². The maximum atomic E-state index is 6.28. The van der Waals surface area contributed by atoms with Crippen LogP contribution in [0.2, 0.25) is 10.0 Å². The van der Waals surface area contributed by atoms with Gasteiger partial charge in [0, 0.05) is 53.4 Å². The van der Waals surface area contributed by atoms with E-state index in [-0.39, 0.29) is 0 Å². The molecule has 0 N–H and O–H groups in total. The van der Waals surface area contributed by atoms with Gasteiger partial charge in [-0.15, -0.1) is 0 Å². The Labute approximate surface area is 150 Å². The first-order valence-corrected chi connectivity index (χ1v) is 8.50. The number of furan rings is 1. The number of hydrogen-bond donors (Lipinski definition) is 0. The lowest BCUT2D eigenvalue weighted by Gasteiger charge is -2.28. The van der Waals surface area contributed by atoms with Crippen LogP contribution in [0.5, 0.6) is 0 Å². The predicted molar refractivity (Wildman–Crippen MR) is 94.0 cm³/mol. The molecule has 4 nitrogen and oxygen atoms in total. The third-order valence-corrected chi connectivity index (χ3v) is 4.91. The maximum absolute atomic E-state index is 6.28. The average Bonchev–Trinajstić information content (AvgIpc) is 3.12.